The molecule has 1 unspecified atom stereocenters. The van der Waals surface area contributed by atoms with Gasteiger partial charge in [0.25, 0.3) is 19.4 Å². The third-order valence-electron chi connectivity index (χ3n) is 11.0. The van der Waals surface area contributed by atoms with Crippen LogP contribution >= 0.6 is 0 Å². The predicted molar refractivity (Wildman–Crippen MR) is 125 cm³/mol. The molecule has 0 saturated heterocycles. The van der Waals surface area contributed by atoms with E-state index in [9.17, 15) is 24.3 Å². The zero-order valence-electron chi connectivity index (χ0n) is 21.1. The minimum absolute atomic E-state index is 0.0189. The highest BCUT2D eigenvalue weighted by molar-refractivity contribution is 5.66. The van der Waals surface area contributed by atoms with Crippen molar-refractivity contribution in [1.82, 2.24) is 0 Å². The van der Waals surface area contributed by atoms with Gasteiger partial charge in [0.2, 0.25) is 0 Å². The van der Waals surface area contributed by atoms with Gasteiger partial charge in [-0.2, -0.15) is 0 Å². The van der Waals surface area contributed by atoms with E-state index in [2.05, 4.69) is 20.8 Å². The van der Waals surface area contributed by atoms with Crippen LogP contribution in [-0.2, 0) is 33.4 Å². The summed E-state index contributed by atoms with van der Waals surface area (Å²) in [6.07, 6.45) is 5.98. The Balaban J connectivity index is 1.68. The highest BCUT2D eigenvalue weighted by Crippen LogP contribution is 2.69. The molecule has 11 atom stereocenters. The van der Waals surface area contributed by atoms with Crippen LogP contribution in [0, 0.1) is 46.3 Å². The Kier molecular flexibility index (Phi) is 7.49. The van der Waals surface area contributed by atoms with Gasteiger partial charge in [-0.05, 0) is 86.4 Å². The molecule has 0 radical (unpaired) electrons. The minimum Gasteiger partial charge on any atom is -0.481 e. The number of carboxylic acid groups (broad SMARTS) is 1. The summed E-state index contributed by atoms with van der Waals surface area (Å²) in [7, 11) is 0. The number of carbonyl (C=O) groups excluding carboxylic acids is 3. The van der Waals surface area contributed by atoms with Crippen molar-refractivity contribution in [3.63, 3.8) is 0 Å². The van der Waals surface area contributed by atoms with Crippen molar-refractivity contribution in [3.8, 4) is 0 Å². The van der Waals surface area contributed by atoms with Crippen LogP contribution in [0.3, 0.4) is 0 Å². The Labute approximate surface area is 207 Å². The molecule has 4 aliphatic carbocycles. The Morgan fingerprint density at radius 2 is 1.69 bits per heavy atom. The molecule has 0 heterocycles. The summed E-state index contributed by atoms with van der Waals surface area (Å²) < 4.78 is 17.0. The zero-order chi connectivity index (χ0) is 25.4. The van der Waals surface area contributed by atoms with Crippen molar-refractivity contribution < 1.29 is 38.5 Å². The fraction of sp³-hybridized carbons (Fsp3) is 0.852. The van der Waals surface area contributed by atoms with Crippen LogP contribution in [0.1, 0.15) is 78.6 Å². The molecule has 0 aromatic rings. The lowest BCUT2D eigenvalue weighted by molar-refractivity contribution is -0.218. The van der Waals surface area contributed by atoms with E-state index in [-0.39, 0.29) is 71.1 Å². The van der Waals surface area contributed by atoms with Gasteiger partial charge in [0.15, 0.2) is 0 Å². The molecule has 0 aromatic carbocycles. The molecule has 0 bridgehead atoms. The summed E-state index contributed by atoms with van der Waals surface area (Å²) in [5.74, 6) is 0.481. The lowest BCUT2D eigenvalue weighted by Gasteiger charge is -2.64. The number of hydrogen-bond acceptors (Lipinski definition) is 7. The number of carbonyl (C=O) groups is 4. The first-order chi connectivity index (χ1) is 16.7. The van der Waals surface area contributed by atoms with Crippen LogP contribution in [-0.4, -0.2) is 48.8 Å². The van der Waals surface area contributed by atoms with Crippen LogP contribution in [0.4, 0.5) is 0 Å². The molecule has 0 aliphatic heterocycles. The molecule has 8 heteroatoms. The second kappa shape index (κ2) is 10.1. The van der Waals surface area contributed by atoms with Crippen molar-refractivity contribution in [2.75, 3.05) is 0 Å². The summed E-state index contributed by atoms with van der Waals surface area (Å²) in [6, 6.07) is 0. The normalized spacial score (nSPS) is 45.1. The van der Waals surface area contributed by atoms with Crippen LogP contribution in [0.5, 0.6) is 0 Å². The average molecular weight is 493 g/mol. The fourth-order valence-corrected chi connectivity index (χ4v) is 9.30. The monoisotopic (exact) mass is 492 g/mol. The fourth-order valence-electron chi connectivity index (χ4n) is 9.30. The summed E-state index contributed by atoms with van der Waals surface area (Å²) in [6.45, 7) is 8.34. The molecular weight excluding hydrogens is 452 g/mol. The number of fused-ring (bicyclic) bond motifs is 5. The predicted octanol–water partition coefficient (Wildman–Crippen LogP) is 3.99. The molecule has 4 saturated carbocycles. The molecule has 0 aromatic heterocycles. The number of rotatable bonds is 10. The lowest BCUT2D eigenvalue weighted by atomic mass is 9.43. The number of ether oxygens (including phenoxy) is 3. The van der Waals surface area contributed by atoms with Crippen molar-refractivity contribution in [2.45, 2.75) is 96.9 Å². The van der Waals surface area contributed by atoms with Gasteiger partial charge in [0.1, 0.15) is 18.3 Å². The Morgan fingerprint density at radius 3 is 2.34 bits per heavy atom. The van der Waals surface area contributed by atoms with Gasteiger partial charge < -0.3 is 19.3 Å². The van der Waals surface area contributed by atoms with Crippen molar-refractivity contribution in [1.29, 1.82) is 0 Å². The van der Waals surface area contributed by atoms with Crippen LogP contribution in [0.15, 0.2) is 0 Å². The van der Waals surface area contributed by atoms with Crippen LogP contribution in [0.2, 0.25) is 0 Å². The van der Waals surface area contributed by atoms with Crippen LogP contribution < -0.4 is 0 Å². The molecule has 4 rings (SSSR count). The van der Waals surface area contributed by atoms with Gasteiger partial charge in [-0.3, -0.25) is 19.2 Å². The smallest absolute Gasteiger partial charge is 0.303 e. The maximum Gasteiger partial charge on any atom is 0.303 e. The molecule has 1 N–H and O–H groups in total. The van der Waals surface area contributed by atoms with Crippen molar-refractivity contribution >= 4 is 25.4 Å². The van der Waals surface area contributed by atoms with E-state index in [1.54, 1.807) is 0 Å². The molecule has 0 spiro atoms. The molecule has 4 fully saturated rings. The van der Waals surface area contributed by atoms with E-state index in [0.717, 1.165) is 38.5 Å². The second-order valence-electron chi connectivity index (χ2n) is 12.0. The molecule has 4 aliphatic rings. The summed E-state index contributed by atoms with van der Waals surface area (Å²) >= 11 is 0. The number of aliphatic carboxylic acids is 1. The highest BCUT2D eigenvalue weighted by atomic mass is 16.5. The maximum absolute atomic E-state index is 11.7. The van der Waals surface area contributed by atoms with Gasteiger partial charge in [-0.15, -0.1) is 0 Å². The van der Waals surface area contributed by atoms with E-state index in [1.165, 1.54) is 0 Å². The quantitative estimate of drug-likeness (QED) is 0.359. The van der Waals surface area contributed by atoms with E-state index in [4.69, 9.17) is 14.2 Å². The topological polar surface area (TPSA) is 116 Å². The first kappa shape index (κ1) is 26.0. The Bertz CT molecular complexity index is 815. The van der Waals surface area contributed by atoms with Gasteiger partial charge in [-0.1, -0.05) is 20.8 Å². The molecule has 35 heavy (non-hydrogen) atoms. The third kappa shape index (κ3) is 4.35. The van der Waals surface area contributed by atoms with Gasteiger partial charge in [0, 0.05) is 17.8 Å². The van der Waals surface area contributed by atoms with Crippen molar-refractivity contribution in [3.05, 3.63) is 0 Å². The van der Waals surface area contributed by atoms with Gasteiger partial charge in [0.05, 0.1) is 0 Å². The van der Waals surface area contributed by atoms with Gasteiger partial charge >= 0.3 is 5.97 Å². The Morgan fingerprint density at radius 1 is 0.971 bits per heavy atom. The first-order valence-electron chi connectivity index (χ1n) is 13.2. The minimum atomic E-state index is -0.791. The van der Waals surface area contributed by atoms with E-state index < -0.39 is 5.97 Å². The van der Waals surface area contributed by atoms with Crippen LogP contribution in [0.25, 0.3) is 0 Å². The summed E-state index contributed by atoms with van der Waals surface area (Å²) in [4.78, 5) is 45.5. The first-order valence-corrected chi connectivity index (χ1v) is 13.2. The Hall–Kier alpha value is -2.12. The number of hydrogen-bond donors (Lipinski definition) is 1. The van der Waals surface area contributed by atoms with E-state index in [1.807, 2.05) is 0 Å². The molecule has 8 nitrogen and oxygen atoms in total. The molecule has 196 valence electrons. The van der Waals surface area contributed by atoms with E-state index >= 15 is 0 Å². The third-order valence-corrected chi connectivity index (χ3v) is 11.0. The summed E-state index contributed by atoms with van der Waals surface area (Å²) in [5.41, 5.74) is -0.319. The van der Waals surface area contributed by atoms with E-state index in [0.29, 0.717) is 32.3 Å². The average Bonchev–Trinajstić information content (AvgIpc) is 3.17. The van der Waals surface area contributed by atoms with Crippen molar-refractivity contribution in [2.24, 2.45) is 46.3 Å². The highest BCUT2D eigenvalue weighted by Gasteiger charge is 2.67. The second-order valence-corrected chi connectivity index (χ2v) is 12.0. The SMILES string of the molecule is C[C@H](CCC(=O)O)C1CC[C@H]2[C@@H]3[C@H](OC=O)C[C@@H]4C[C@H](OC=O)CC[C@]4(C)[C@H]3C[C@H](OC=O)[C@]12C. The summed E-state index contributed by atoms with van der Waals surface area (Å²) in [5, 5.41) is 9.23. The standard InChI is InChI=1S/C27H40O8/c1-16(4-7-24(31)32)19-5-6-20-25-21(12-23(35-15-30)27(19,20)3)26(2)9-8-18(33-13-28)10-17(26)11-22(25)34-14-29/h13-23,25H,4-12H2,1-3H3,(H,31,32)/t16-,17+,18-,19?,20+,21+,22-,23+,25+,26+,27-/m1/s1. The maximum atomic E-state index is 11.7. The molecule has 0 amide bonds. The zero-order valence-corrected chi connectivity index (χ0v) is 21.1. The molecular formula is C27H40O8. The number of carboxylic acids is 1. The van der Waals surface area contributed by atoms with Gasteiger partial charge in [-0.25, -0.2) is 0 Å². The largest absolute Gasteiger partial charge is 0.481 e. The lowest BCUT2D eigenvalue weighted by Crippen LogP contribution is -2.63.